The molecular formula is C11H22BrN. The second-order valence-electron chi connectivity index (χ2n) is 4.04. The fraction of sp³-hybridized carbons (Fsp3) is 1.00. The summed E-state index contributed by atoms with van der Waals surface area (Å²) >= 11 is 3.46. The Balaban J connectivity index is 1.98. The molecule has 0 aromatic carbocycles. The van der Waals surface area contributed by atoms with Crippen LogP contribution in [0.2, 0.25) is 0 Å². The van der Waals surface area contributed by atoms with Crippen molar-refractivity contribution >= 4 is 15.9 Å². The van der Waals surface area contributed by atoms with Gasteiger partial charge in [0.25, 0.3) is 0 Å². The molecule has 0 aromatic heterocycles. The molecule has 0 unspecified atom stereocenters. The van der Waals surface area contributed by atoms with E-state index in [2.05, 4.69) is 21.2 Å². The highest BCUT2D eigenvalue weighted by Crippen LogP contribution is 2.17. The Hall–Kier alpha value is 0.440. The summed E-state index contributed by atoms with van der Waals surface area (Å²) in [6.07, 6.45) is 11.2. The second kappa shape index (κ2) is 7.81. The molecular weight excluding hydrogens is 226 g/mol. The lowest BCUT2D eigenvalue weighted by atomic mass is 10.1. The maximum atomic E-state index is 3.68. The highest BCUT2D eigenvalue weighted by molar-refractivity contribution is 9.09. The monoisotopic (exact) mass is 247 g/mol. The quantitative estimate of drug-likeness (QED) is 0.446. The van der Waals surface area contributed by atoms with Gasteiger partial charge in [-0.25, -0.2) is 0 Å². The fourth-order valence-electron chi connectivity index (χ4n) is 2.01. The lowest BCUT2D eigenvalue weighted by Gasteiger charge is -2.15. The number of unbranched alkanes of at least 4 members (excludes halogenated alkanes) is 1. The molecule has 0 radical (unpaired) electrons. The van der Waals surface area contributed by atoms with Gasteiger partial charge in [0, 0.05) is 11.4 Å². The van der Waals surface area contributed by atoms with Gasteiger partial charge in [0.15, 0.2) is 0 Å². The molecule has 0 amide bonds. The number of alkyl halides is 1. The van der Waals surface area contributed by atoms with Crippen LogP contribution in [0.4, 0.5) is 0 Å². The van der Waals surface area contributed by atoms with E-state index in [1.807, 2.05) is 0 Å². The molecule has 1 nitrogen and oxygen atoms in total. The van der Waals surface area contributed by atoms with Crippen molar-refractivity contribution in [2.24, 2.45) is 0 Å². The van der Waals surface area contributed by atoms with Gasteiger partial charge in [-0.1, -0.05) is 41.6 Å². The van der Waals surface area contributed by atoms with Crippen LogP contribution in [0.3, 0.4) is 0 Å². The van der Waals surface area contributed by atoms with Gasteiger partial charge in [0.1, 0.15) is 0 Å². The van der Waals surface area contributed by atoms with Crippen LogP contribution in [-0.4, -0.2) is 17.9 Å². The van der Waals surface area contributed by atoms with E-state index in [-0.39, 0.29) is 0 Å². The van der Waals surface area contributed by atoms with Gasteiger partial charge in [-0.05, 0) is 32.2 Å². The van der Waals surface area contributed by atoms with Crippen LogP contribution in [-0.2, 0) is 0 Å². The third-order valence-corrected chi connectivity index (χ3v) is 3.41. The molecule has 1 N–H and O–H groups in total. The van der Waals surface area contributed by atoms with Crippen molar-refractivity contribution in [3.63, 3.8) is 0 Å². The third-order valence-electron chi connectivity index (χ3n) is 2.85. The van der Waals surface area contributed by atoms with Gasteiger partial charge in [0.05, 0.1) is 0 Å². The Morgan fingerprint density at radius 2 is 1.69 bits per heavy atom. The number of nitrogens with one attached hydrogen (secondary N) is 1. The van der Waals surface area contributed by atoms with Crippen molar-refractivity contribution in [3.8, 4) is 0 Å². The Kier molecular flexibility index (Phi) is 6.92. The van der Waals surface area contributed by atoms with E-state index in [0.717, 1.165) is 11.4 Å². The number of hydrogen-bond donors (Lipinski definition) is 1. The standard InChI is InChI=1S/C11H22BrN/c12-9-5-6-10-13-11-7-3-1-2-4-8-11/h11,13H,1-10H2. The number of halogens is 1. The molecule has 0 atom stereocenters. The molecule has 13 heavy (non-hydrogen) atoms. The molecule has 0 aromatic rings. The van der Waals surface area contributed by atoms with Crippen LogP contribution in [0.5, 0.6) is 0 Å². The fourth-order valence-corrected chi connectivity index (χ4v) is 2.41. The van der Waals surface area contributed by atoms with Crippen molar-refractivity contribution < 1.29 is 0 Å². The normalized spacial score (nSPS) is 20.1. The van der Waals surface area contributed by atoms with Gasteiger partial charge >= 0.3 is 0 Å². The lowest BCUT2D eigenvalue weighted by molar-refractivity contribution is 0.455. The summed E-state index contributed by atoms with van der Waals surface area (Å²) in [6.45, 7) is 1.22. The van der Waals surface area contributed by atoms with Crippen molar-refractivity contribution in [1.82, 2.24) is 5.32 Å². The van der Waals surface area contributed by atoms with E-state index in [4.69, 9.17) is 0 Å². The molecule has 78 valence electrons. The van der Waals surface area contributed by atoms with Crippen LogP contribution >= 0.6 is 15.9 Å². The van der Waals surface area contributed by atoms with E-state index in [1.54, 1.807) is 0 Å². The van der Waals surface area contributed by atoms with E-state index in [1.165, 1.54) is 57.9 Å². The molecule has 0 aliphatic heterocycles. The predicted octanol–water partition coefficient (Wildman–Crippen LogP) is 3.47. The predicted molar refractivity (Wildman–Crippen MR) is 62.5 cm³/mol. The van der Waals surface area contributed by atoms with Crippen LogP contribution in [0, 0.1) is 0 Å². The summed E-state index contributed by atoms with van der Waals surface area (Å²) in [5.41, 5.74) is 0. The van der Waals surface area contributed by atoms with E-state index in [0.29, 0.717) is 0 Å². The van der Waals surface area contributed by atoms with Crippen LogP contribution in [0.25, 0.3) is 0 Å². The first-order valence-electron chi connectivity index (χ1n) is 5.73. The molecule has 1 fully saturated rings. The highest BCUT2D eigenvalue weighted by Gasteiger charge is 2.10. The van der Waals surface area contributed by atoms with E-state index in [9.17, 15) is 0 Å². The average Bonchev–Trinajstić information content (AvgIpc) is 2.41. The summed E-state index contributed by atoms with van der Waals surface area (Å²) in [4.78, 5) is 0. The van der Waals surface area contributed by atoms with E-state index >= 15 is 0 Å². The summed E-state index contributed by atoms with van der Waals surface area (Å²) in [5, 5.41) is 4.83. The van der Waals surface area contributed by atoms with Gasteiger partial charge in [-0.2, -0.15) is 0 Å². The van der Waals surface area contributed by atoms with Gasteiger partial charge < -0.3 is 5.32 Å². The number of rotatable bonds is 5. The smallest absolute Gasteiger partial charge is 0.00670 e. The topological polar surface area (TPSA) is 12.0 Å². The van der Waals surface area contributed by atoms with Gasteiger partial charge in [0.2, 0.25) is 0 Å². The first kappa shape index (κ1) is 11.5. The molecule has 1 rings (SSSR count). The summed E-state index contributed by atoms with van der Waals surface area (Å²) in [5.74, 6) is 0. The second-order valence-corrected chi connectivity index (χ2v) is 4.83. The zero-order valence-electron chi connectivity index (χ0n) is 8.53. The minimum absolute atomic E-state index is 0.831. The summed E-state index contributed by atoms with van der Waals surface area (Å²) < 4.78 is 0. The Morgan fingerprint density at radius 3 is 2.31 bits per heavy atom. The summed E-state index contributed by atoms with van der Waals surface area (Å²) in [6, 6.07) is 0.831. The molecule has 1 aliphatic carbocycles. The van der Waals surface area contributed by atoms with Crippen molar-refractivity contribution in [2.45, 2.75) is 57.4 Å². The average molecular weight is 248 g/mol. The minimum atomic E-state index is 0.831. The molecule has 0 bridgehead atoms. The number of hydrogen-bond acceptors (Lipinski definition) is 1. The van der Waals surface area contributed by atoms with E-state index < -0.39 is 0 Å². The third kappa shape index (κ3) is 5.69. The molecule has 1 saturated carbocycles. The molecule has 0 saturated heterocycles. The zero-order chi connectivity index (χ0) is 9.36. The minimum Gasteiger partial charge on any atom is -0.314 e. The molecule has 1 aliphatic rings. The van der Waals surface area contributed by atoms with Crippen molar-refractivity contribution in [2.75, 3.05) is 11.9 Å². The van der Waals surface area contributed by atoms with Crippen LogP contribution < -0.4 is 5.32 Å². The lowest BCUT2D eigenvalue weighted by Crippen LogP contribution is -2.29. The Morgan fingerprint density at radius 1 is 1.00 bits per heavy atom. The zero-order valence-corrected chi connectivity index (χ0v) is 10.1. The largest absolute Gasteiger partial charge is 0.314 e. The SMILES string of the molecule is BrCCCCNC1CCCCCC1. The Labute approximate surface area is 90.8 Å². The maximum Gasteiger partial charge on any atom is 0.00670 e. The van der Waals surface area contributed by atoms with Crippen LogP contribution in [0.15, 0.2) is 0 Å². The first-order chi connectivity index (χ1) is 6.43. The molecule has 2 heteroatoms. The van der Waals surface area contributed by atoms with Crippen LogP contribution in [0.1, 0.15) is 51.4 Å². The van der Waals surface area contributed by atoms with Gasteiger partial charge in [-0.3, -0.25) is 0 Å². The van der Waals surface area contributed by atoms with Crippen molar-refractivity contribution in [3.05, 3.63) is 0 Å². The maximum absolute atomic E-state index is 3.68. The summed E-state index contributed by atoms with van der Waals surface area (Å²) in [7, 11) is 0. The van der Waals surface area contributed by atoms with Gasteiger partial charge in [-0.15, -0.1) is 0 Å². The molecule has 0 heterocycles. The first-order valence-corrected chi connectivity index (χ1v) is 6.85. The highest BCUT2D eigenvalue weighted by atomic mass is 79.9. The van der Waals surface area contributed by atoms with Crippen molar-refractivity contribution in [1.29, 1.82) is 0 Å². The Bertz CT molecular complexity index is 109. The molecule has 0 spiro atoms.